The number of anilines is 1. The summed E-state index contributed by atoms with van der Waals surface area (Å²) in [5.41, 5.74) is -0.445. The molecule has 1 fully saturated rings. The van der Waals surface area contributed by atoms with Crippen LogP contribution in [-0.2, 0) is 4.79 Å². The van der Waals surface area contributed by atoms with Gasteiger partial charge in [-0.25, -0.2) is 8.78 Å². The first-order valence-corrected chi connectivity index (χ1v) is 6.01. The SMILES string of the molecule is CN1CC(C(=O)Nc2c(O)cc(F)cc2F)CC1C#N. The van der Waals surface area contributed by atoms with E-state index < -0.39 is 34.9 Å². The van der Waals surface area contributed by atoms with Gasteiger partial charge in [-0.3, -0.25) is 9.69 Å². The van der Waals surface area contributed by atoms with Crippen LogP contribution in [0.3, 0.4) is 0 Å². The zero-order chi connectivity index (χ0) is 14.9. The third-order valence-corrected chi connectivity index (χ3v) is 3.35. The quantitative estimate of drug-likeness (QED) is 0.804. The number of nitrogens with one attached hydrogen (secondary N) is 1. The molecule has 0 saturated carbocycles. The number of hydrogen-bond donors (Lipinski definition) is 2. The lowest BCUT2D eigenvalue weighted by Crippen LogP contribution is -2.26. The van der Waals surface area contributed by atoms with E-state index in [0.717, 1.165) is 6.07 Å². The van der Waals surface area contributed by atoms with Crippen LogP contribution in [0.4, 0.5) is 14.5 Å². The molecular formula is C13H13F2N3O2. The Bertz CT molecular complexity index is 562. The minimum atomic E-state index is -1.04. The Balaban J connectivity index is 2.12. The number of phenolic OH excluding ortho intramolecular Hbond substituents is 1. The number of halogens is 2. The highest BCUT2D eigenvalue weighted by Crippen LogP contribution is 2.29. The molecule has 1 amide bonds. The summed E-state index contributed by atoms with van der Waals surface area (Å²) in [4.78, 5) is 13.7. The Morgan fingerprint density at radius 1 is 1.55 bits per heavy atom. The molecule has 1 aromatic carbocycles. The van der Waals surface area contributed by atoms with Gasteiger partial charge in [-0.15, -0.1) is 0 Å². The number of carbonyl (C=O) groups excluding carboxylic acids is 1. The van der Waals surface area contributed by atoms with Crippen molar-refractivity contribution in [2.75, 3.05) is 18.9 Å². The molecule has 1 heterocycles. The van der Waals surface area contributed by atoms with Crippen molar-refractivity contribution in [3.8, 4) is 11.8 Å². The van der Waals surface area contributed by atoms with Crippen molar-refractivity contribution in [3.05, 3.63) is 23.8 Å². The van der Waals surface area contributed by atoms with Gasteiger partial charge in [-0.1, -0.05) is 0 Å². The van der Waals surface area contributed by atoms with Crippen molar-refractivity contribution in [1.29, 1.82) is 5.26 Å². The smallest absolute Gasteiger partial charge is 0.229 e. The highest BCUT2D eigenvalue weighted by atomic mass is 19.1. The van der Waals surface area contributed by atoms with E-state index in [1.807, 2.05) is 0 Å². The number of carbonyl (C=O) groups is 1. The lowest BCUT2D eigenvalue weighted by molar-refractivity contribution is -0.119. The maximum atomic E-state index is 13.5. The van der Waals surface area contributed by atoms with Crippen molar-refractivity contribution in [3.63, 3.8) is 0 Å². The molecule has 1 aromatic rings. The van der Waals surface area contributed by atoms with Crippen LogP contribution in [0.5, 0.6) is 5.75 Å². The van der Waals surface area contributed by atoms with Crippen LogP contribution >= 0.6 is 0 Å². The summed E-state index contributed by atoms with van der Waals surface area (Å²) in [5.74, 6) is -3.62. The van der Waals surface area contributed by atoms with Crippen LogP contribution in [0.25, 0.3) is 0 Å². The van der Waals surface area contributed by atoms with Crippen molar-refractivity contribution >= 4 is 11.6 Å². The summed E-state index contributed by atoms with van der Waals surface area (Å²) in [6.07, 6.45) is 0.336. The molecule has 0 bridgehead atoms. The van der Waals surface area contributed by atoms with Gasteiger partial charge < -0.3 is 10.4 Å². The molecule has 0 aliphatic carbocycles. The normalized spacial score (nSPS) is 22.5. The number of nitriles is 1. The van der Waals surface area contributed by atoms with E-state index in [-0.39, 0.29) is 6.04 Å². The number of hydrogen-bond acceptors (Lipinski definition) is 4. The number of phenols is 1. The first-order valence-electron chi connectivity index (χ1n) is 6.01. The van der Waals surface area contributed by atoms with Gasteiger partial charge in [-0.2, -0.15) is 5.26 Å². The molecule has 2 rings (SSSR count). The molecule has 1 aliphatic rings. The van der Waals surface area contributed by atoms with Crippen LogP contribution < -0.4 is 5.32 Å². The molecule has 0 radical (unpaired) electrons. The fourth-order valence-corrected chi connectivity index (χ4v) is 2.25. The van der Waals surface area contributed by atoms with E-state index in [1.54, 1.807) is 11.9 Å². The van der Waals surface area contributed by atoms with Crippen molar-refractivity contribution < 1.29 is 18.7 Å². The molecule has 2 N–H and O–H groups in total. The summed E-state index contributed by atoms with van der Waals surface area (Å²) >= 11 is 0. The fourth-order valence-electron chi connectivity index (χ4n) is 2.25. The van der Waals surface area contributed by atoms with Gasteiger partial charge in [0.1, 0.15) is 17.3 Å². The highest BCUT2D eigenvalue weighted by molar-refractivity contribution is 5.94. The van der Waals surface area contributed by atoms with Gasteiger partial charge in [0.05, 0.1) is 18.0 Å². The van der Waals surface area contributed by atoms with Crippen LogP contribution in [0, 0.1) is 28.9 Å². The molecule has 5 nitrogen and oxygen atoms in total. The number of aromatic hydroxyl groups is 1. The number of benzene rings is 1. The Labute approximate surface area is 114 Å². The zero-order valence-electron chi connectivity index (χ0n) is 10.7. The summed E-state index contributed by atoms with van der Waals surface area (Å²) in [7, 11) is 1.72. The zero-order valence-corrected chi connectivity index (χ0v) is 10.7. The van der Waals surface area contributed by atoms with E-state index in [2.05, 4.69) is 11.4 Å². The third kappa shape index (κ3) is 2.70. The minimum Gasteiger partial charge on any atom is -0.506 e. The van der Waals surface area contributed by atoms with Crippen LogP contribution in [0.15, 0.2) is 12.1 Å². The van der Waals surface area contributed by atoms with E-state index in [0.29, 0.717) is 19.0 Å². The van der Waals surface area contributed by atoms with Crippen LogP contribution in [0.1, 0.15) is 6.42 Å². The van der Waals surface area contributed by atoms with E-state index in [9.17, 15) is 18.7 Å². The standard InChI is InChI=1S/C13H13F2N3O2/c1-18-6-7(2-9(18)5-16)13(20)17-12-10(15)3-8(14)4-11(12)19/h3-4,7,9,19H,2,6H2,1H3,(H,17,20). The van der Waals surface area contributed by atoms with Gasteiger partial charge in [-0.05, 0) is 13.5 Å². The topological polar surface area (TPSA) is 76.4 Å². The number of likely N-dealkylation sites (tertiary alicyclic amines) is 1. The third-order valence-electron chi connectivity index (χ3n) is 3.35. The number of rotatable bonds is 2. The predicted molar refractivity (Wildman–Crippen MR) is 66.8 cm³/mol. The Kier molecular flexibility index (Phi) is 3.86. The molecule has 7 heteroatoms. The second-order valence-corrected chi connectivity index (χ2v) is 4.79. The average molecular weight is 281 g/mol. The lowest BCUT2D eigenvalue weighted by Gasteiger charge is -2.13. The van der Waals surface area contributed by atoms with Crippen molar-refractivity contribution in [1.82, 2.24) is 4.90 Å². The first kappa shape index (κ1) is 14.2. The fraction of sp³-hybridized carbons (Fsp3) is 0.385. The molecule has 0 spiro atoms. The molecule has 0 aromatic heterocycles. The van der Waals surface area contributed by atoms with E-state index in [1.165, 1.54) is 0 Å². The van der Waals surface area contributed by atoms with Crippen LogP contribution in [0.2, 0.25) is 0 Å². The number of nitrogens with zero attached hydrogens (tertiary/aromatic N) is 2. The maximum Gasteiger partial charge on any atom is 0.229 e. The molecule has 1 aliphatic heterocycles. The summed E-state index contributed by atoms with van der Waals surface area (Å²) < 4.78 is 26.3. The van der Waals surface area contributed by atoms with Gasteiger partial charge in [0.25, 0.3) is 0 Å². The Hall–Kier alpha value is -2.20. The minimum absolute atomic E-state index is 0.336. The molecular weight excluding hydrogens is 268 g/mol. The Morgan fingerprint density at radius 3 is 2.80 bits per heavy atom. The lowest BCUT2D eigenvalue weighted by atomic mass is 10.1. The molecule has 2 atom stereocenters. The van der Waals surface area contributed by atoms with Gasteiger partial charge >= 0.3 is 0 Å². The van der Waals surface area contributed by atoms with E-state index >= 15 is 0 Å². The maximum absolute atomic E-state index is 13.5. The van der Waals surface area contributed by atoms with Gasteiger partial charge in [0, 0.05) is 18.7 Å². The first-order chi connectivity index (χ1) is 9.42. The second kappa shape index (κ2) is 5.43. The summed E-state index contributed by atoms with van der Waals surface area (Å²) in [6.45, 7) is 0.369. The average Bonchev–Trinajstić information content (AvgIpc) is 2.75. The van der Waals surface area contributed by atoms with Crippen molar-refractivity contribution in [2.45, 2.75) is 12.5 Å². The van der Waals surface area contributed by atoms with Gasteiger partial charge in [0.15, 0.2) is 5.82 Å². The molecule has 1 saturated heterocycles. The number of amides is 1. The van der Waals surface area contributed by atoms with Gasteiger partial charge in [0.2, 0.25) is 5.91 Å². The molecule has 106 valence electrons. The van der Waals surface area contributed by atoms with Crippen molar-refractivity contribution in [2.24, 2.45) is 5.92 Å². The molecule has 20 heavy (non-hydrogen) atoms. The highest BCUT2D eigenvalue weighted by Gasteiger charge is 2.34. The van der Waals surface area contributed by atoms with E-state index in [4.69, 9.17) is 5.26 Å². The predicted octanol–water partition coefficient (Wildman–Crippen LogP) is 1.45. The summed E-state index contributed by atoms with van der Waals surface area (Å²) in [5, 5.41) is 20.6. The monoisotopic (exact) mass is 281 g/mol. The second-order valence-electron chi connectivity index (χ2n) is 4.79. The Morgan fingerprint density at radius 2 is 2.25 bits per heavy atom. The van der Waals surface area contributed by atoms with Crippen LogP contribution in [-0.4, -0.2) is 35.5 Å². The summed E-state index contributed by atoms with van der Waals surface area (Å²) in [6, 6.07) is 3.00. The largest absolute Gasteiger partial charge is 0.506 e. The molecule has 2 unspecified atom stereocenters.